The second-order valence-corrected chi connectivity index (χ2v) is 6.85. The monoisotopic (exact) mass is 280 g/mol. The van der Waals surface area contributed by atoms with E-state index in [9.17, 15) is 0 Å². The van der Waals surface area contributed by atoms with E-state index < -0.39 is 0 Å². The van der Waals surface area contributed by atoms with Crippen molar-refractivity contribution in [2.24, 2.45) is 0 Å². The Balaban J connectivity index is 1.50. The molecule has 0 amide bonds. The maximum atomic E-state index is 4.27. The van der Waals surface area contributed by atoms with Gasteiger partial charge in [0.1, 0.15) is 0 Å². The van der Waals surface area contributed by atoms with Crippen LogP contribution < -0.4 is 10.6 Å². The second kappa shape index (κ2) is 6.55. The Kier molecular flexibility index (Phi) is 4.53. The van der Waals surface area contributed by atoms with Crippen LogP contribution in [0, 0.1) is 0 Å². The van der Waals surface area contributed by atoms with Crippen molar-refractivity contribution < 1.29 is 0 Å². The van der Waals surface area contributed by atoms with Gasteiger partial charge >= 0.3 is 0 Å². The van der Waals surface area contributed by atoms with Gasteiger partial charge in [0.05, 0.1) is 0 Å². The Labute approximate surface area is 119 Å². The molecule has 0 atom stereocenters. The average Bonchev–Trinajstić information content (AvgIpc) is 2.88. The van der Waals surface area contributed by atoms with E-state index in [1.54, 1.807) is 11.3 Å². The standard InChI is InChI=1S/C14H24N4S/c1-3-7-11(8-4-1)15-13-17-18-14(19-13)16-12-9-5-2-6-10-12/h11-12H,1-10H2,(H,15,17)(H,16,18). The Bertz CT molecular complexity index is 346. The van der Waals surface area contributed by atoms with Crippen molar-refractivity contribution in [1.29, 1.82) is 0 Å². The fraction of sp³-hybridized carbons (Fsp3) is 0.857. The molecule has 0 aliphatic heterocycles. The lowest BCUT2D eigenvalue weighted by Gasteiger charge is -2.22. The van der Waals surface area contributed by atoms with E-state index in [0.29, 0.717) is 12.1 Å². The van der Waals surface area contributed by atoms with Gasteiger partial charge in [-0.1, -0.05) is 49.9 Å². The number of rotatable bonds is 4. The first-order chi connectivity index (χ1) is 9.40. The van der Waals surface area contributed by atoms with Crippen molar-refractivity contribution in [2.75, 3.05) is 10.6 Å². The first kappa shape index (κ1) is 13.2. The van der Waals surface area contributed by atoms with E-state index in [-0.39, 0.29) is 0 Å². The summed E-state index contributed by atoms with van der Waals surface area (Å²) in [6.07, 6.45) is 13.3. The van der Waals surface area contributed by atoms with Crippen LogP contribution in [0.1, 0.15) is 64.2 Å². The number of hydrogen-bond donors (Lipinski definition) is 2. The molecule has 2 saturated carbocycles. The molecular weight excluding hydrogens is 256 g/mol. The number of nitrogens with one attached hydrogen (secondary N) is 2. The molecule has 19 heavy (non-hydrogen) atoms. The number of hydrogen-bond acceptors (Lipinski definition) is 5. The molecule has 5 heteroatoms. The third-order valence-electron chi connectivity index (χ3n) is 4.29. The quantitative estimate of drug-likeness (QED) is 0.874. The molecule has 3 rings (SSSR count). The summed E-state index contributed by atoms with van der Waals surface area (Å²) in [7, 11) is 0. The second-order valence-electron chi connectivity index (χ2n) is 5.87. The molecule has 2 aliphatic carbocycles. The van der Waals surface area contributed by atoms with Crippen molar-refractivity contribution in [2.45, 2.75) is 76.3 Å². The summed E-state index contributed by atoms with van der Waals surface area (Å²) in [6, 6.07) is 1.23. The van der Waals surface area contributed by atoms with Crippen LogP contribution in [-0.4, -0.2) is 22.3 Å². The van der Waals surface area contributed by atoms with Gasteiger partial charge in [0.2, 0.25) is 10.3 Å². The molecule has 0 bridgehead atoms. The van der Waals surface area contributed by atoms with Crippen molar-refractivity contribution in [3.8, 4) is 0 Å². The largest absolute Gasteiger partial charge is 0.357 e. The van der Waals surface area contributed by atoms with E-state index in [2.05, 4.69) is 20.8 Å². The Hall–Kier alpha value is -0.840. The highest BCUT2D eigenvalue weighted by molar-refractivity contribution is 7.19. The molecule has 2 aliphatic rings. The van der Waals surface area contributed by atoms with Crippen LogP contribution in [0.25, 0.3) is 0 Å². The highest BCUT2D eigenvalue weighted by Gasteiger charge is 2.17. The van der Waals surface area contributed by atoms with Crippen LogP contribution in [0.5, 0.6) is 0 Å². The Morgan fingerprint density at radius 3 is 1.53 bits per heavy atom. The lowest BCUT2D eigenvalue weighted by molar-refractivity contribution is 0.462. The summed E-state index contributed by atoms with van der Waals surface area (Å²) in [5, 5.41) is 17.6. The van der Waals surface area contributed by atoms with Crippen LogP contribution in [0.3, 0.4) is 0 Å². The minimum atomic E-state index is 0.615. The SMILES string of the molecule is C1CCC(Nc2nnc(NC3CCCCC3)s2)CC1. The van der Waals surface area contributed by atoms with E-state index in [0.717, 1.165) is 10.3 Å². The average molecular weight is 280 g/mol. The fourth-order valence-corrected chi connectivity index (χ4v) is 3.98. The minimum absolute atomic E-state index is 0.615. The summed E-state index contributed by atoms with van der Waals surface area (Å²) in [6.45, 7) is 0. The molecule has 0 radical (unpaired) electrons. The van der Waals surface area contributed by atoms with Gasteiger partial charge in [-0.25, -0.2) is 0 Å². The third-order valence-corrected chi connectivity index (χ3v) is 5.08. The number of nitrogens with zero attached hydrogens (tertiary/aromatic N) is 2. The van der Waals surface area contributed by atoms with Gasteiger partial charge in [-0.05, 0) is 25.7 Å². The third kappa shape index (κ3) is 3.81. The number of anilines is 2. The van der Waals surface area contributed by atoms with Crippen molar-refractivity contribution in [3.05, 3.63) is 0 Å². The summed E-state index contributed by atoms with van der Waals surface area (Å²) in [5.41, 5.74) is 0. The molecule has 0 aromatic carbocycles. The molecule has 106 valence electrons. The van der Waals surface area contributed by atoms with Crippen LogP contribution in [0.15, 0.2) is 0 Å². The molecule has 2 fully saturated rings. The van der Waals surface area contributed by atoms with Crippen molar-refractivity contribution >= 4 is 21.6 Å². The van der Waals surface area contributed by atoms with Gasteiger partial charge in [0.15, 0.2) is 0 Å². The molecule has 0 spiro atoms. The fourth-order valence-electron chi connectivity index (χ4n) is 3.18. The Morgan fingerprint density at radius 1 is 0.684 bits per heavy atom. The van der Waals surface area contributed by atoms with Gasteiger partial charge in [0.25, 0.3) is 0 Å². The zero-order valence-corrected chi connectivity index (χ0v) is 12.3. The first-order valence-corrected chi connectivity index (χ1v) is 8.58. The predicted octanol–water partition coefficient (Wildman–Crippen LogP) is 4.03. The van der Waals surface area contributed by atoms with Gasteiger partial charge < -0.3 is 10.6 Å². The molecule has 1 aromatic rings. The molecule has 0 saturated heterocycles. The smallest absolute Gasteiger partial charge is 0.207 e. The zero-order valence-electron chi connectivity index (χ0n) is 11.5. The molecule has 1 heterocycles. The van der Waals surface area contributed by atoms with Crippen LogP contribution in [-0.2, 0) is 0 Å². The molecule has 2 N–H and O–H groups in total. The van der Waals surface area contributed by atoms with E-state index in [4.69, 9.17) is 0 Å². The van der Waals surface area contributed by atoms with E-state index in [1.807, 2.05) is 0 Å². The first-order valence-electron chi connectivity index (χ1n) is 7.77. The molecule has 0 unspecified atom stereocenters. The topological polar surface area (TPSA) is 49.8 Å². The summed E-state index contributed by atoms with van der Waals surface area (Å²) >= 11 is 1.68. The van der Waals surface area contributed by atoms with Gasteiger partial charge in [-0.15, -0.1) is 10.2 Å². The van der Waals surface area contributed by atoms with Gasteiger partial charge in [-0.2, -0.15) is 0 Å². The molecule has 4 nitrogen and oxygen atoms in total. The lowest BCUT2D eigenvalue weighted by atomic mass is 9.96. The number of aromatic nitrogens is 2. The Morgan fingerprint density at radius 2 is 1.11 bits per heavy atom. The van der Waals surface area contributed by atoms with Gasteiger partial charge in [-0.3, -0.25) is 0 Å². The van der Waals surface area contributed by atoms with Crippen molar-refractivity contribution in [3.63, 3.8) is 0 Å². The minimum Gasteiger partial charge on any atom is -0.357 e. The molecule has 1 aromatic heterocycles. The van der Waals surface area contributed by atoms with Crippen LogP contribution >= 0.6 is 11.3 Å². The summed E-state index contributed by atoms with van der Waals surface area (Å²) in [4.78, 5) is 0. The van der Waals surface area contributed by atoms with Crippen LogP contribution in [0.4, 0.5) is 10.3 Å². The maximum Gasteiger partial charge on any atom is 0.207 e. The highest BCUT2D eigenvalue weighted by atomic mass is 32.1. The normalized spacial score (nSPS) is 22.3. The van der Waals surface area contributed by atoms with E-state index in [1.165, 1.54) is 64.2 Å². The zero-order chi connectivity index (χ0) is 12.9. The summed E-state index contributed by atoms with van der Waals surface area (Å²) < 4.78 is 0. The molecular formula is C14H24N4S. The van der Waals surface area contributed by atoms with Gasteiger partial charge in [0, 0.05) is 12.1 Å². The van der Waals surface area contributed by atoms with Crippen molar-refractivity contribution in [1.82, 2.24) is 10.2 Å². The lowest BCUT2D eigenvalue weighted by Crippen LogP contribution is -2.22. The summed E-state index contributed by atoms with van der Waals surface area (Å²) in [5.74, 6) is 0. The maximum absolute atomic E-state index is 4.27. The highest BCUT2D eigenvalue weighted by Crippen LogP contribution is 2.27. The van der Waals surface area contributed by atoms with E-state index >= 15 is 0 Å². The van der Waals surface area contributed by atoms with Crippen LogP contribution in [0.2, 0.25) is 0 Å². The predicted molar refractivity (Wildman–Crippen MR) is 80.9 cm³/mol.